The lowest BCUT2D eigenvalue weighted by Crippen LogP contribution is -2.45. The first-order valence-electron chi connectivity index (χ1n) is 7.29. The number of carbonyl (C=O) groups is 1. The molecule has 5 heteroatoms. The zero-order valence-electron chi connectivity index (χ0n) is 12.3. The Balaban J connectivity index is 1.95. The highest BCUT2D eigenvalue weighted by atomic mass is 127. The van der Waals surface area contributed by atoms with Crippen molar-refractivity contribution in [2.45, 2.75) is 52.1 Å². The quantitative estimate of drug-likeness (QED) is 0.736. The van der Waals surface area contributed by atoms with Crippen LogP contribution in [0.1, 0.15) is 50.1 Å². The van der Waals surface area contributed by atoms with E-state index in [1.807, 2.05) is 18.3 Å². The van der Waals surface area contributed by atoms with Gasteiger partial charge >= 0.3 is 0 Å². The maximum Gasteiger partial charge on any atom is 0.236 e. The molecule has 1 aliphatic carbocycles. The van der Waals surface area contributed by atoms with Crippen LogP contribution in [-0.4, -0.2) is 18.5 Å². The molecule has 1 heterocycles. The fourth-order valence-corrected chi connectivity index (χ4v) is 4.65. The molecule has 0 spiro atoms. The highest BCUT2D eigenvalue weighted by Gasteiger charge is 2.25. The van der Waals surface area contributed by atoms with Gasteiger partial charge in [-0.15, -0.1) is 11.3 Å². The van der Waals surface area contributed by atoms with Gasteiger partial charge in [0.25, 0.3) is 0 Å². The van der Waals surface area contributed by atoms with E-state index in [-0.39, 0.29) is 11.9 Å². The zero-order valence-corrected chi connectivity index (χ0v) is 15.3. The Morgan fingerprint density at radius 2 is 2.25 bits per heavy atom. The van der Waals surface area contributed by atoms with Gasteiger partial charge in [-0.2, -0.15) is 0 Å². The summed E-state index contributed by atoms with van der Waals surface area (Å²) in [6.45, 7) is 6.93. The molecule has 0 fully saturated rings. The van der Waals surface area contributed by atoms with Crippen molar-refractivity contribution in [2.24, 2.45) is 5.92 Å². The van der Waals surface area contributed by atoms with Gasteiger partial charge in [0.15, 0.2) is 0 Å². The van der Waals surface area contributed by atoms with Crippen molar-refractivity contribution >= 4 is 39.8 Å². The van der Waals surface area contributed by atoms with Crippen LogP contribution in [0.4, 0.5) is 0 Å². The fourth-order valence-electron chi connectivity index (χ4n) is 2.53. The molecule has 2 rings (SSSR count). The molecule has 0 aliphatic heterocycles. The lowest BCUT2D eigenvalue weighted by molar-refractivity contribution is -0.123. The molecule has 2 atom stereocenters. The van der Waals surface area contributed by atoms with Crippen molar-refractivity contribution in [2.75, 3.05) is 6.54 Å². The number of hydrogen-bond donors (Lipinski definition) is 2. The molecule has 2 N–H and O–H groups in total. The van der Waals surface area contributed by atoms with E-state index < -0.39 is 0 Å². The second-order valence-electron chi connectivity index (χ2n) is 5.90. The van der Waals surface area contributed by atoms with Crippen LogP contribution in [0.25, 0.3) is 0 Å². The first-order chi connectivity index (χ1) is 9.47. The average Bonchev–Trinajstić information content (AvgIpc) is 2.77. The van der Waals surface area contributed by atoms with E-state index in [4.69, 9.17) is 0 Å². The summed E-state index contributed by atoms with van der Waals surface area (Å²) in [7, 11) is 0. The first-order valence-corrected chi connectivity index (χ1v) is 9.18. The van der Waals surface area contributed by atoms with Crippen LogP contribution < -0.4 is 10.6 Å². The highest BCUT2D eigenvalue weighted by molar-refractivity contribution is 14.1. The summed E-state index contributed by atoms with van der Waals surface area (Å²) < 4.78 is 1.35. The lowest BCUT2D eigenvalue weighted by Gasteiger charge is -2.27. The summed E-state index contributed by atoms with van der Waals surface area (Å²) in [5.74, 6) is 0.599. The smallest absolute Gasteiger partial charge is 0.236 e. The largest absolute Gasteiger partial charge is 0.354 e. The number of nitrogens with one attached hydrogen (secondary N) is 2. The SMILES string of the molecule is CC(C)CNC(=O)C(C)NC1CCCc2sc(I)cc21. The molecule has 0 saturated carbocycles. The van der Waals surface area contributed by atoms with Gasteiger partial charge in [0.1, 0.15) is 0 Å². The van der Waals surface area contributed by atoms with Gasteiger partial charge in [0.2, 0.25) is 5.91 Å². The van der Waals surface area contributed by atoms with Crippen molar-refractivity contribution < 1.29 is 4.79 Å². The third-order valence-electron chi connectivity index (χ3n) is 3.61. The van der Waals surface area contributed by atoms with Crippen molar-refractivity contribution in [3.63, 3.8) is 0 Å². The molecule has 0 aromatic carbocycles. The predicted octanol–water partition coefficient (Wildman–Crippen LogP) is 3.48. The number of amides is 1. The molecule has 0 radical (unpaired) electrons. The molecule has 2 unspecified atom stereocenters. The van der Waals surface area contributed by atoms with E-state index >= 15 is 0 Å². The van der Waals surface area contributed by atoms with Crippen LogP contribution in [0.3, 0.4) is 0 Å². The van der Waals surface area contributed by atoms with Crippen LogP contribution in [0.5, 0.6) is 0 Å². The van der Waals surface area contributed by atoms with E-state index in [0.29, 0.717) is 12.0 Å². The van der Waals surface area contributed by atoms with Gasteiger partial charge in [-0.05, 0) is 66.3 Å². The van der Waals surface area contributed by atoms with E-state index in [1.165, 1.54) is 26.2 Å². The number of aryl methyl sites for hydroxylation is 1. The van der Waals surface area contributed by atoms with Gasteiger partial charge in [-0.25, -0.2) is 0 Å². The molecule has 1 amide bonds. The third kappa shape index (κ3) is 4.18. The lowest BCUT2D eigenvalue weighted by atomic mass is 9.93. The minimum atomic E-state index is -0.137. The van der Waals surface area contributed by atoms with Gasteiger partial charge in [-0.3, -0.25) is 10.1 Å². The molecule has 0 saturated heterocycles. The van der Waals surface area contributed by atoms with E-state index in [2.05, 4.69) is 53.1 Å². The number of thiophene rings is 1. The minimum Gasteiger partial charge on any atom is -0.354 e. The normalized spacial score (nSPS) is 19.8. The van der Waals surface area contributed by atoms with Gasteiger partial charge in [0.05, 0.1) is 8.93 Å². The highest BCUT2D eigenvalue weighted by Crippen LogP contribution is 2.36. The Bertz CT molecular complexity index is 472. The Morgan fingerprint density at radius 3 is 2.95 bits per heavy atom. The van der Waals surface area contributed by atoms with Crippen molar-refractivity contribution in [1.29, 1.82) is 0 Å². The van der Waals surface area contributed by atoms with Crippen molar-refractivity contribution in [3.8, 4) is 0 Å². The summed E-state index contributed by atoms with van der Waals surface area (Å²) in [6, 6.07) is 2.47. The Labute approximate surface area is 139 Å². The molecule has 1 aliphatic rings. The first kappa shape index (κ1) is 16.2. The summed E-state index contributed by atoms with van der Waals surface area (Å²) in [6.07, 6.45) is 3.53. The fraction of sp³-hybridized carbons (Fsp3) is 0.667. The molecule has 1 aromatic rings. The number of rotatable bonds is 5. The number of hydrogen-bond acceptors (Lipinski definition) is 3. The Morgan fingerprint density at radius 1 is 1.50 bits per heavy atom. The summed E-state index contributed by atoms with van der Waals surface area (Å²) >= 11 is 4.28. The summed E-state index contributed by atoms with van der Waals surface area (Å²) in [5, 5.41) is 6.50. The van der Waals surface area contributed by atoms with Gasteiger partial charge < -0.3 is 5.32 Å². The van der Waals surface area contributed by atoms with Crippen LogP contribution in [0.2, 0.25) is 0 Å². The van der Waals surface area contributed by atoms with Crippen LogP contribution in [0, 0.1) is 8.80 Å². The predicted molar refractivity (Wildman–Crippen MR) is 93.2 cm³/mol. The number of carbonyl (C=O) groups excluding carboxylic acids is 1. The Hall–Kier alpha value is -0.140. The molecule has 20 heavy (non-hydrogen) atoms. The van der Waals surface area contributed by atoms with E-state index in [9.17, 15) is 4.79 Å². The minimum absolute atomic E-state index is 0.107. The molecular weight excluding hydrogens is 383 g/mol. The standard InChI is InChI=1S/C15H23IN2OS/c1-9(2)8-17-15(19)10(3)18-12-5-4-6-13-11(12)7-14(16)20-13/h7,9-10,12,18H,4-6,8H2,1-3H3,(H,17,19). The molecular formula is C15H23IN2OS. The Kier molecular flexibility index (Phi) is 5.86. The third-order valence-corrected chi connectivity index (χ3v) is 5.58. The average molecular weight is 406 g/mol. The monoisotopic (exact) mass is 406 g/mol. The van der Waals surface area contributed by atoms with Crippen LogP contribution in [0.15, 0.2) is 6.07 Å². The van der Waals surface area contributed by atoms with Crippen molar-refractivity contribution in [3.05, 3.63) is 19.4 Å². The second kappa shape index (κ2) is 7.22. The van der Waals surface area contributed by atoms with Gasteiger partial charge in [0, 0.05) is 17.5 Å². The zero-order chi connectivity index (χ0) is 14.7. The van der Waals surface area contributed by atoms with Gasteiger partial charge in [-0.1, -0.05) is 13.8 Å². The van der Waals surface area contributed by atoms with Crippen LogP contribution >= 0.6 is 33.9 Å². The van der Waals surface area contributed by atoms with Crippen LogP contribution in [-0.2, 0) is 11.2 Å². The molecule has 3 nitrogen and oxygen atoms in total. The topological polar surface area (TPSA) is 41.1 Å². The summed E-state index contributed by atoms with van der Waals surface area (Å²) in [5.41, 5.74) is 1.41. The molecule has 1 aromatic heterocycles. The number of fused-ring (bicyclic) bond motifs is 1. The molecule has 0 bridgehead atoms. The van der Waals surface area contributed by atoms with Crippen molar-refractivity contribution in [1.82, 2.24) is 10.6 Å². The summed E-state index contributed by atoms with van der Waals surface area (Å²) in [4.78, 5) is 13.6. The van der Waals surface area contributed by atoms with E-state index in [1.54, 1.807) is 0 Å². The number of halogens is 1. The second-order valence-corrected chi connectivity index (χ2v) is 8.93. The maximum absolute atomic E-state index is 12.1. The molecule has 112 valence electrons. The van der Waals surface area contributed by atoms with E-state index in [0.717, 1.165) is 13.0 Å². The maximum atomic E-state index is 12.1.